The van der Waals surface area contributed by atoms with Crippen LogP contribution in [0.1, 0.15) is 57.0 Å². The Kier molecular flexibility index (Phi) is 5.74. The van der Waals surface area contributed by atoms with Crippen molar-refractivity contribution in [2.24, 2.45) is 17.1 Å². The molecule has 2 rings (SSSR count). The number of carbonyl (C=O) groups excluding carboxylic acids is 3. The second kappa shape index (κ2) is 7.48. The van der Waals surface area contributed by atoms with E-state index in [1.807, 2.05) is 52.8 Å². The molecule has 2 atom stereocenters. The first-order chi connectivity index (χ1) is 12.0. The minimum atomic E-state index is -0.801. The molecule has 26 heavy (non-hydrogen) atoms. The topological polar surface area (TPSA) is 92.5 Å². The molecule has 1 aromatic rings. The van der Waals surface area contributed by atoms with Crippen LogP contribution in [0, 0.1) is 11.3 Å². The van der Waals surface area contributed by atoms with E-state index in [9.17, 15) is 14.4 Å². The van der Waals surface area contributed by atoms with Gasteiger partial charge < -0.3 is 16.0 Å². The molecule has 0 bridgehead atoms. The predicted octanol–water partition coefficient (Wildman–Crippen LogP) is 2.07. The number of rotatable bonds is 6. The van der Waals surface area contributed by atoms with Crippen LogP contribution in [-0.2, 0) is 16.1 Å². The molecule has 0 unspecified atom stereocenters. The van der Waals surface area contributed by atoms with Gasteiger partial charge in [-0.1, -0.05) is 52.8 Å². The highest BCUT2D eigenvalue weighted by atomic mass is 16.2. The Hall–Kier alpha value is -2.37. The maximum atomic E-state index is 13.0. The molecule has 0 fully saturated rings. The SMILES string of the molecule is CC(C)C[C@H](C(=O)N[C@@H](C(N)=O)C(C)(C)C)N1Cc2ccccc2C1=O. The Bertz CT molecular complexity index is 706. The molecule has 0 saturated heterocycles. The Morgan fingerprint density at radius 2 is 1.85 bits per heavy atom. The van der Waals surface area contributed by atoms with Crippen LogP contribution in [0.15, 0.2) is 24.3 Å². The highest BCUT2D eigenvalue weighted by Gasteiger charge is 2.39. The predicted molar refractivity (Wildman–Crippen MR) is 100 cm³/mol. The van der Waals surface area contributed by atoms with Crippen molar-refractivity contribution in [3.05, 3.63) is 35.4 Å². The minimum Gasteiger partial charge on any atom is -0.368 e. The van der Waals surface area contributed by atoms with Crippen molar-refractivity contribution in [3.63, 3.8) is 0 Å². The quantitative estimate of drug-likeness (QED) is 0.814. The average molecular weight is 359 g/mol. The summed E-state index contributed by atoms with van der Waals surface area (Å²) >= 11 is 0. The van der Waals surface area contributed by atoms with E-state index in [1.54, 1.807) is 11.0 Å². The summed E-state index contributed by atoms with van der Waals surface area (Å²) in [6.07, 6.45) is 0.515. The van der Waals surface area contributed by atoms with Crippen LogP contribution in [0.4, 0.5) is 0 Å². The Morgan fingerprint density at radius 1 is 1.23 bits per heavy atom. The van der Waals surface area contributed by atoms with Crippen LogP contribution in [-0.4, -0.2) is 34.7 Å². The molecule has 0 aliphatic carbocycles. The third kappa shape index (κ3) is 4.23. The molecule has 1 aromatic carbocycles. The second-order valence-electron chi connectivity index (χ2n) is 8.45. The number of fused-ring (bicyclic) bond motifs is 1. The van der Waals surface area contributed by atoms with Crippen LogP contribution in [0.25, 0.3) is 0 Å². The molecule has 142 valence electrons. The van der Waals surface area contributed by atoms with Gasteiger partial charge in [0.25, 0.3) is 5.91 Å². The summed E-state index contributed by atoms with van der Waals surface area (Å²) < 4.78 is 0. The normalized spacial score (nSPS) is 16.4. The zero-order valence-corrected chi connectivity index (χ0v) is 16.2. The molecule has 3 N–H and O–H groups in total. The van der Waals surface area contributed by atoms with Crippen LogP contribution in [0.5, 0.6) is 0 Å². The van der Waals surface area contributed by atoms with E-state index in [0.29, 0.717) is 18.5 Å². The van der Waals surface area contributed by atoms with Crippen LogP contribution in [0.2, 0.25) is 0 Å². The lowest BCUT2D eigenvalue weighted by Crippen LogP contribution is -2.57. The van der Waals surface area contributed by atoms with Crippen LogP contribution in [0.3, 0.4) is 0 Å². The van der Waals surface area contributed by atoms with Crippen molar-refractivity contribution < 1.29 is 14.4 Å². The average Bonchev–Trinajstić information content (AvgIpc) is 2.85. The number of amides is 3. The van der Waals surface area contributed by atoms with Gasteiger partial charge in [-0.2, -0.15) is 0 Å². The molecule has 0 saturated carbocycles. The fourth-order valence-electron chi connectivity index (χ4n) is 3.30. The Balaban J connectivity index is 2.27. The van der Waals surface area contributed by atoms with Crippen molar-refractivity contribution in [1.82, 2.24) is 10.2 Å². The smallest absolute Gasteiger partial charge is 0.255 e. The van der Waals surface area contributed by atoms with Gasteiger partial charge in [0.05, 0.1) is 0 Å². The lowest BCUT2D eigenvalue weighted by Gasteiger charge is -2.33. The van der Waals surface area contributed by atoms with Crippen LogP contribution < -0.4 is 11.1 Å². The van der Waals surface area contributed by atoms with E-state index in [2.05, 4.69) is 5.32 Å². The first kappa shape index (κ1) is 19.9. The van der Waals surface area contributed by atoms with Gasteiger partial charge in [0.15, 0.2) is 0 Å². The molecule has 1 heterocycles. The third-order valence-corrected chi connectivity index (χ3v) is 4.66. The summed E-state index contributed by atoms with van der Waals surface area (Å²) in [5.41, 5.74) is 6.53. The molecular weight excluding hydrogens is 330 g/mol. The van der Waals surface area contributed by atoms with Gasteiger partial charge in [-0.15, -0.1) is 0 Å². The standard InChI is InChI=1S/C20H29N3O3/c1-12(2)10-15(18(25)22-16(17(21)24)20(3,4)5)23-11-13-8-6-7-9-14(13)19(23)26/h6-9,12,15-16H,10-11H2,1-5H3,(H2,21,24)(H,22,25)/t15-,16+/m1/s1. The molecule has 0 radical (unpaired) electrons. The van der Waals surface area contributed by atoms with Gasteiger partial charge >= 0.3 is 0 Å². The number of carbonyl (C=O) groups is 3. The monoisotopic (exact) mass is 359 g/mol. The summed E-state index contributed by atoms with van der Waals surface area (Å²) in [5, 5.41) is 2.78. The first-order valence-electron chi connectivity index (χ1n) is 9.01. The summed E-state index contributed by atoms with van der Waals surface area (Å²) in [7, 11) is 0. The van der Waals surface area contributed by atoms with Crippen molar-refractivity contribution in [1.29, 1.82) is 0 Å². The van der Waals surface area contributed by atoms with E-state index in [0.717, 1.165) is 5.56 Å². The highest BCUT2D eigenvalue weighted by molar-refractivity contribution is 6.01. The number of hydrogen-bond acceptors (Lipinski definition) is 3. The lowest BCUT2D eigenvalue weighted by atomic mass is 9.86. The van der Waals surface area contributed by atoms with E-state index in [1.165, 1.54) is 0 Å². The summed E-state index contributed by atoms with van der Waals surface area (Å²) in [5.74, 6) is -0.847. The molecule has 0 aromatic heterocycles. The largest absolute Gasteiger partial charge is 0.368 e. The number of hydrogen-bond donors (Lipinski definition) is 2. The summed E-state index contributed by atoms with van der Waals surface area (Å²) in [6.45, 7) is 9.94. The highest BCUT2D eigenvalue weighted by Crippen LogP contribution is 2.27. The van der Waals surface area contributed by atoms with Gasteiger partial charge in [-0.3, -0.25) is 14.4 Å². The van der Waals surface area contributed by atoms with Gasteiger partial charge in [0.2, 0.25) is 11.8 Å². The van der Waals surface area contributed by atoms with Crippen molar-refractivity contribution in [2.45, 2.75) is 59.7 Å². The molecule has 3 amide bonds. The van der Waals surface area contributed by atoms with E-state index in [-0.39, 0.29) is 17.7 Å². The number of benzene rings is 1. The summed E-state index contributed by atoms with van der Waals surface area (Å²) in [4.78, 5) is 39.2. The zero-order chi connectivity index (χ0) is 19.6. The fraction of sp³-hybridized carbons (Fsp3) is 0.550. The summed E-state index contributed by atoms with van der Waals surface area (Å²) in [6, 6.07) is 5.95. The molecule has 1 aliphatic rings. The molecule has 6 heteroatoms. The van der Waals surface area contributed by atoms with Gasteiger partial charge in [0, 0.05) is 12.1 Å². The van der Waals surface area contributed by atoms with Crippen molar-refractivity contribution in [3.8, 4) is 0 Å². The molecule has 1 aliphatic heterocycles. The first-order valence-corrected chi connectivity index (χ1v) is 9.01. The number of nitrogens with one attached hydrogen (secondary N) is 1. The maximum absolute atomic E-state index is 13.0. The number of primary amides is 1. The number of nitrogens with two attached hydrogens (primary N) is 1. The van der Waals surface area contributed by atoms with Crippen LogP contribution >= 0.6 is 0 Å². The number of nitrogens with zero attached hydrogens (tertiary/aromatic N) is 1. The Labute approximate surface area is 155 Å². The third-order valence-electron chi connectivity index (χ3n) is 4.66. The van der Waals surface area contributed by atoms with E-state index in [4.69, 9.17) is 5.73 Å². The van der Waals surface area contributed by atoms with Gasteiger partial charge in [0.1, 0.15) is 12.1 Å². The van der Waals surface area contributed by atoms with Crippen molar-refractivity contribution >= 4 is 17.7 Å². The molecule has 0 spiro atoms. The van der Waals surface area contributed by atoms with Gasteiger partial charge in [-0.05, 0) is 29.4 Å². The van der Waals surface area contributed by atoms with Crippen molar-refractivity contribution in [2.75, 3.05) is 0 Å². The van der Waals surface area contributed by atoms with E-state index < -0.39 is 23.4 Å². The fourth-order valence-corrected chi connectivity index (χ4v) is 3.30. The van der Waals surface area contributed by atoms with E-state index >= 15 is 0 Å². The minimum absolute atomic E-state index is 0.146. The zero-order valence-electron chi connectivity index (χ0n) is 16.2. The molecule has 6 nitrogen and oxygen atoms in total. The Morgan fingerprint density at radius 3 is 2.35 bits per heavy atom. The lowest BCUT2D eigenvalue weighted by molar-refractivity contribution is -0.132. The second-order valence-corrected chi connectivity index (χ2v) is 8.45. The molecular formula is C20H29N3O3. The van der Waals surface area contributed by atoms with Gasteiger partial charge in [-0.25, -0.2) is 0 Å². The maximum Gasteiger partial charge on any atom is 0.255 e.